The third-order valence-corrected chi connectivity index (χ3v) is 12.0. The van der Waals surface area contributed by atoms with Gasteiger partial charge in [-0.15, -0.1) is 0 Å². The Kier molecular flexibility index (Phi) is 8.16. The maximum Gasteiger partial charge on any atom is 0.245 e. The van der Waals surface area contributed by atoms with Gasteiger partial charge in [-0.25, -0.2) is 27.8 Å². The summed E-state index contributed by atoms with van der Waals surface area (Å²) in [7, 11) is 3.39. The van der Waals surface area contributed by atoms with E-state index in [1.807, 2.05) is 34.6 Å². The number of halogens is 3. The number of rotatable bonds is 4. The highest BCUT2D eigenvalue weighted by Crippen LogP contribution is 2.43. The van der Waals surface area contributed by atoms with E-state index in [1.165, 1.54) is 28.9 Å². The molecule has 6 bridgehead atoms. The molecule has 4 aliphatic rings. The average molecular weight is 764 g/mol. The highest BCUT2D eigenvalue weighted by atomic mass is 19.1. The molecule has 4 aromatic heterocycles. The minimum Gasteiger partial charge on any atom is -0.378 e. The smallest absolute Gasteiger partial charge is 0.245 e. The molecule has 6 aromatic rings. The predicted molar refractivity (Wildman–Crippen MR) is 204 cm³/mol. The first-order chi connectivity index (χ1) is 27.1. The minimum atomic E-state index is -0.773. The van der Waals surface area contributed by atoms with Gasteiger partial charge in [-0.3, -0.25) is 4.79 Å². The van der Waals surface area contributed by atoms with Crippen LogP contribution in [0.15, 0.2) is 54.7 Å². The van der Waals surface area contributed by atoms with E-state index in [2.05, 4.69) is 20.3 Å². The number of imidazole rings is 1. The number of carbonyl (C=O) groups is 1. The Morgan fingerprint density at radius 3 is 2.54 bits per heavy atom. The Morgan fingerprint density at radius 2 is 1.75 bits per heavy atom. The maximum atomic E-state index is 15.3. The van der Waals surface area contributed by atoms with Crippen molar-refractivity contribution in [2.75, 3.05) is 42.4 Å². The number of fused-ring (bicyclic) bond motifs is 8. The van der Waals surface area contributed by atoms with E-state index in [4.69, 9.17) is 19.7 Å². The van der Waals surface area contributed by atoms with Crippen LogP contribution in [0.25, 0.3) is 39.0 Å². The highest BCUT2D eigenvalue weighted by molar-refractivity contribution is 5.94. The number of nitrogens with zero attached hydrogens (tertiary/aromatic N) is 10. The fraction of sp³-hybridized carbons (Fsp3) is 0.400. The molecule has 0 spiro atoms. The quantitative estimate of drug-likeness (QED) is 0.242. The van der Waals surface area contributed by atoms with E-state index in [-0.39, 0.29) is 36.3 Å². The molecule has 0 saturated carbocycles. The van der Waals surface area contributed by atoms with Gasteiger partial charge in [0, 0.05) is 63.1 Å². The molecule has 0 radical (unpaired) electrons. The first-order valence-electron chi connectivity index (χ1n) is 19.1. The van der Waals surface area contributed by atoms with Crippen LogP contribution < -0.4 is 15.1 Å². The molecule has 0 aliphatic carbocycles. The molecule has 8 heterocycles. The number of hydrogen-bond donors (Lipinski definition) is 1. The van der Waals surface area contributed by atoms with Gasteiger partial charge < -0.3 is 29.3 Å². The lowest BCUT2D eigenvalue weighted by molar-refractivity contribution is -0.132. The number of methoxy groups -OCH3 is 1. The van der Waals surface area contributed by atoms with E-state index in [1.54, 1.807) is 25.3 Å². The zero-order chi connectivity index (χ0) is 38.4. The van der Waals surface area contributed by atoms with Crippen molar-refractivity contribution in [1.82, 2.24) is 39.2 Å². The van der Waals surface area contributed by atoms with Crippen LogP contribution in [0.1, 0.15) is 37.9 Å². The Labute approximate surface area is 320 Å². The maximum absolute atomic E-state index is 15.3. The lowest BCUT2D eigenvalue weighted by Crippen LogP contribution is -2.59. The van der Waals surface area contributed by atoms with Crippen LogP contribution in [0, 0.1) is 24.4 Å². The third-order valence-electron chi connectivity index (χ3n) is 12.0. The van der Waals surface area contributed by atoms with Gasteiger partial charge in [0.15, 0.2) is 11.5 Å². The third kappa shape index (κ3) is 5.63. The fourth-order valence-corrected chi connectivity index (χ4v) is 9.29. The molecule has 3 fully saturated rings. The van der Waals surface area contributed by atoms with Gasteiger partial charge in [-0.05, 0) is 69.4 Å². The van der Waals surface area contributed by atoms with E-state index < -0.39 is 29.6 Å². The number of aryl methyl sites for hydroxylation is 1. The second-order valence-corrected chi connectivity index (χ2v) is 15.4. The number of nitrogens with one attached hydrogen (secondary N) is 1. The first-order valence-corrected chi connectivity index (χ1v) is 19.1. The van der Waals surface area contributed by atoms with Crippen molar-refractivity contribution in [1.29, 1.82) is 0 Å². The second-order valence-electron chi connectivity index (χ2n) is 15.4. The largest absolute Gasteiger partial charge is 0.378 e. The molecule has 288 valence electrons. The predicted octanol–water partition coefficient (Wildman–Crippen LogP) is 5.63. The van der Waals surface area contributed by atoms with E-state index >= 15 is 8.78 Å². The Bertz CT molecular complexity index is 2530. The first kappa shape index (κ1) is 34.7. The number of pyridine rings is 1. The number of anilines is 3. The fourth-order valence-electron chi connectivity index (χ4n) is 9.29. The van der Waals surface area contributed by atoms with Gasteiger partial charge in [-0.2, -0.15) is 15.1 Å². The number of benzene rings is 2. The molecule has 5 unspecified atom stereocenters. The molecular formula is C40H40F3N11O2. The van der Waals surface area contributed by atoms with Crippen LogP contribution in [0.2, 0.25) is 0 Å². The van der Waals surface area contributed by atoms with Crippen molar-refractivity contribution in [3.8, 4) is 16.9 Å². The Hall–Kier alpha value is -5.77. The van der Waals surface area contributed by atoms with Crippen molar-refractivity contribution < 1.29 is 22.7 Å². The van der Waals surface area contributed by atoms with Crippen molar-refractivity contribution in [2.45, 2.75) is 75.8 Å². The van der Waals surface area contributed by atoms with Crippen molar-refractivity contribution >= 4 is 45.6 Å². The topological polar surface area (TPSA) is 122 Å². The van der Waals surface area contributed by atoms with E-state index in [0.29, 0.717) is 70.7 Å². The van der Waals surface area contributed by atoms with Crippen molar-refractivity contribution in [3.63, 3.8) is 0 Å². The highest BCUT2D eigenvalue weighted by Gasteiger charge is 2.45. The molecular weight excluding hydrogens is 724 g/mol. The number of piperidine rings is 1. The lowest BCUT2D eigenvalue weighted by Gasteiger charge is -2.53. The summed E-state index contributed by atoms with van der Waals surface area (Å²) in [5, 5.41) is 8.67. The van der Waals surface area contributed by atoms with Gasteiger partial charge in [0.2, 0.25) is 11.9 Å². The number of amides is 1. The van der Waals surface area contributed by atoms with Crippen LogP contribution in [0.4, 0.5) is 30.8 Å². The SMILES string of the molecule is COC1CN(C)C(=O)C2CC(CN2c2nc(N3C4CCCC3C4)nc3c2cnn3-c2ccc(F)cc2F)Nc2cccc(n2)-c2cc(F)cc3nc(C)n(c23)C1. The molecule has 1 amide bonds. The van der Waals surface area contributed by atoms with Crippen molar-refractivity contribution in [2.24, 2.45) is 0 Å². The summed E-state index contributed by atoms with van der Waals surface area (Å²) >= 11 is 0. The van der Waals surface area contributed by atoms with Crippen LogP contribution in [0.3, 0.4) is 0 Å². The Balaban J connectivity index is 1.10. The second kappa shape index (κ2) is 13.2. The van der Waals surface area contributed by atoms with Gasteiger partial charge in [0.1, 0.15) is 40.8 Å². The number of likely N-dealkylation sites (N-methyl/N-ethyl adjacent to an activating group) is 1. The normalized spacial score (nSPS) is 23.6. The summed E-state index contributed by atoms with van der Waals surface area (Å²) in [6.45, 7) is 2.87. The van der Waals surface area contributed by atoms with Crippen molar-refractivity contribution in [3.05, 3.63) is 78.0 Å². The zero-order valence-corrected chi connectivity index (χ0v) is 31.2. The molecule has 10 rings (SSSR count). The summed E-state index contributed by atoms with van der Waals surface area (Å²) < 4.78 is 53.8. The summed E-state index contributed by atoms with van der Waals surface area (Å²) in [5.74, 6) is 0.243. The summed E-state index contributed by atoms with van der Waals surface area (Å²) in [6, 6.07) is 11.5. The van der Waals surface area contributed by atoms with Crippen LogP contribution in [-0.2, 0) is 16.1 Å². The summed E-state index contributed by atoms with van der Waals surface area (Å²) in [6.07, 6.45) is 5.80. The van der Waals surface area contributed by atoms with Gasteiger partial charge in [-0.1, -0.05) is 6.07 Å². The molecule has 1 N–H and O–H groups in total. The van der Waals surface area contributed by atoms with Gasteiger partial charge in [0.05, 0.1) is 41.0 Å². The van der Waals surface area contributed by atoms with Crippen LogP contribution in [-0.4, -0.2) is 103 Å². The average Bonchev–Trinajstić information content (AvgIpc) is 3.88. The lowest BCUT2D eigenvalue weighted by atomic mass is 9.80. The standard InChI is InChI=1S/C40H40F3N11O2/c1-21-45-32-14-23(42)12-28-31-8-5-9-35(47-31)46-24-15-34(39(55)50(2)19-27(56-3)20-51(21)36(28)32)52(18-24)37-29-17-44-54(33-11-10-22(41)13-30(33)43)38(29)49-40(48-37)53-25-6-4-7-26(53)16-25/h5,8-14,17,24-27,34H,4,6-7,15-16,18-20H2,1-3H3,(H,46,47). The number of hydrogen-bond acceptors (Lipinski definition) is 10. The van der Waals surface area contributed by atoms with Crippen LogP contribution in [0.5, 0.6) is 0 Å². The molecule has 3 saturated heterocycles. The van der Waals surface area contributed by atoms with E-state index in [9.17, 15) is 9.18 Å². The van der Waals surface area contributed by atoms with Gasteiger partial charge in [0.25, 0.3) is 0 Å². The molecule has 13 nitrogen and oxygen atoms in total. The summed E-state index contributed by atoms with van der Waals surface area (Å²) in [5.41, 5.74) is 2.85. The molecule has 16 heteroatoms. The number of aromatic nitrogens is 7. The number of ether oxygens (including phenoxy) is 1. The minimum absolute atomic E-state index is 0.0546. The summed E-state index contributed by atoms with van der Waals surface area (Å²) in [4.78, 5) is 40.5. The molecule has 4 aliphatic heterocycles. The van der Waals surface area contributed by atoms with Gasteiger partial charge >= 0.3 is 0 Å². The molecule has 2 aromatic carbocycles. The monoisotopic (exact) mass is 763 g/mol. The Morgan fingerprint density at radius 1 is 0.911 bits per heavy atom. The molecule has 56 heavy (non-hydrogen) atoms. The van der Waals surface area contributed by atoms with Crippen LogP contribution >= 0.6 is 0 Å². The zero-order valence-electron chi connectivity index (χ0n) is 31.2. The molecule has 5 atom stereocenters. The van der Waals surface area contributed by atoms with E-state index in [0.717, 1.165) is 37.3 Å². The number of carbonyl (C=O) groups excluding carboxylic acids is 1.